The minimum Gasteiger partial charge on any atom is -0.493 e. The fourth-order valence-corrected chi connectivity index (χ4v) is 3.37. The van der Waals surface area contributed by atoms with E-state index >= 15 is 0 Å². The summed E-state index contributed by atoms with van der Waals surface area (Å²) in [6.07, 6.45) is 2.52. The lowest BCUT2D eigenvalue weighted by atomic mass is 9.98. The number of para-hydroxylation sites is 1. The summed E-state index contributed by atoms with van der Waals surface area (Å²) in [5.41, 5.74) is 3.72. The van der Waals surface area contributed by atoms with Gasteiger partial charge in [-0.2, -0.15) is 5.10 Å². The second-order valence-corrected chi connectivity index (χ2v) is 6.09. The molecule has 2 aromatic carbocycles. The van der Waals surface area contributed by atoms with E-state index in [1.807, 2.05) is 35.2 Å². The Bertz CT molecular complexity index is 948. The van der Waals surface area contributed by atoms with E-state index < -0.39 is 0 Å². The molecule has 0 bridgehead atoms. The second-order valence-electron chi connectivity index (χ2n) is 6.09. The minimum atomic E-state index is 0.00952. The number of ether oxygens (including phenoxy) is 2. The summed E-state index contributed by atoms with van der Waals surface area (Å²) in [6, 6.07) is 9.64. The normalized spacial score (nSPS) is 13.6. The van der Waals surface area contributed by atoms with Gasteiger partial charge in [-0.3, -0.25) is 9.89 Å². The van der Waals surface area contributed by atoms with Crippen LogP contribution in [0.15, 0.2) is 36.5 Å². The first-order valence-corrected chi connectivity index (χ1v) is 8.16. The molecule has 1 aliphatic heterocycles. The van der Waals surface area contributed by atoms with Crippen molar-refractivity contribution in [2.75, 3.05) is 20.8 Å². The van der Waals surface area contributed by atoms with Crippen LogP contribution in [0, 0.1) is 0 Å². The smallest absolute Gasteiger partial charge is 0.256 e. The molecular formula is C19H19N3O3. The van der Waals surface area contributed by atoms with Crippen LogP contribution in [0.2, 0.25) is 0 Å². The maximum absolute atomic E-state index is 13.0. The fraction of sp³-hybridized carbons (Fsp3) is 0.263. The molecule has 0 atom stereocenters. The molecule has 0 fully saturated rings. The molecule has 128 valence electrons. The van der Waals surface area contributed by atoms with E-state index in [4.69, 9.17) is 9.47 Å². The molecule has 0 spiro atoms. The number of hydrogen-bond acceptors (Lipinski definition) is 4. The standard InChI is InChI=1S/C19H19N3O3/c1-24-16-8-12-6-7-22(11-14(12)9-17(16)25-2)19(23)15-5-3-4-13-10-20-21-18(13)15/h3-5,8-10H,6-7,11H2,1-2H3,(H,20,21). The molecule has 3 aromatic rings. The molecule has 25 heavy (non-hydrogen) atoms. The number of hydrogen-bond donors (Lipinski definition) is 1. The lowest BCUT2D eigenvalue weighted by Crippen LogP contribution is -2.36. The van der Waals surface area contributed by atoms with Crippen molar-refractivity contribution >= 4 is 16.8 Å². The van der Waals surface area contributed by atoms with Crippen LogP contribution in [-0.2, 0) is 13.0 Å². The van der Waals surface area contributed by atoms with Crippen LogP contribution >= 0.6 is 0 Å². The summed E-state index contributed by atoms with van der Waals surface area (Å²) in [5.74, 6) is 1.42. The number of nitrogens with zero attached hydrogens (tertiary/aromatic N) is 2. The number of carbonyl (C=O) groups is 1. The number of aromatic amines is 1. The average molecular weight is 337 g/mol. The number of nitrogens with one attached hydrogen (secondary N) is 1. The molecule has 1 amide bonds. The number of carbonyl (C=O) groups excluding carboxylic acids is 1. The maximum atomic E-state index is 13.0. The molecule has 0 saturated heterocycles. The van der Waals surface area contributed by atoms with Crippen LogP contribution in [-0.4, -0.2) is 41.8 Å². The Morgan fingerprint density at radius 3 is 2.68 bits per heavy atom. The first-order chi connectivity index (χ1) is 12.2. The van der Waals surface area contributed by atoms with E-state index in [2.05, 4.69) is 10.2 Å². The Morgan fingerprint density at radius 2 is 1.92 bits per heavy atom. The zero-order chi connectivity index (χ0) is 17.4. The summed E-state index contributed by atoms with van der Waals surface area (Å²) in [4.78, 5) is 14.9. The van der Waals surface area contributed by atoms with Gasteiger partial charge in [0.15, 0.2) is 11.5 Å². The van der Waals surface area contributed by atoms with Crippen LogP contribution in [0.4, 0.5) is 0 Å². The van der Waals surface area contributed by atoms with E-state index in [0.29, 0.717) is 24.4 Å². The SMILES string of the molecule is COc1cc2c(cc1OC)CN(C(=O)c1cccc3cn[nH]c13)CC2. The van der Waals surface area contributed by atoms with Gasteiger partial charge in [-0.25, -0.2) is 0 Å². The Labute approximate surface area is 145 Å². The number of aromatic nitrogens is 2. The predicted molar refractivity (Wildman–Crippen MR) is 94.1 cm³/mol. The molecule has 6 heteroatoms. The summed E-state index contributed by atoms with van der Waals surface area (Å²) >= 11 is 0. The molecule has 0 radical (unpaired) electrons. The van der Waals surface area contributed by atoms with Crippen molar-refractivity contribution in [1.82, 2.24) is 15.1 Å². The van der Waals surface area contributed by atoms with E-state index in [1.54, 1.807) is 20.4 Å². The van der Waals surface area contributed by atoms with Gasteiger partial charge < -0.3 is 14.4 Å². The van der Waals surface area contributed by atoms with Crippen LogP contribution in [0.3, 0.4) is 0 Å². The number of rotatable bonds is 3. The van der Waals surface area contributed by atoms with E-state index in [0.717, 1.165) is 28.6 Å². The van der Waals surface area contributed by atoms with Crippen molar-refractivity contribution in [2.45, 2.75) is 13.0 Å². The van der Waals surface area contributed by atoms with Crippen molar-refractivity contribution in [1.29, 1.82) is 0 Å². The van der Waals surface area contributed by atoms with Gasteiger partial charge >= 0.3 is 0 Å². The average Bonchev–Trinajstić information content (AvgIpc) is 3.14. The Morgan fingerprint density at radius 1 is 1.16 bits per heavy atom. The predicted octanol–water partition coefficient (Wildman–Crippen LogP) is 2.78. The van der Waals surface area contributed by atoms with Gasteiger partial charge in [0.25, 0.3) is 5.91 Å². The molecule has 6 nitrogen and oxygen atoms in total. The van der Waals surface area contributed by atoms with Gasteiger partial charge in [0, 0.05) is 18.5 Å². The molecule has 0 saturated carbocycles. The Kier molecular flexibility index (Phi) is 3.80. The highest BCUT2D eigenvalue weighted by Crippen LogP contribution is 2.33. The number of fused-ring (bicyclic) bond motifs is 2. The van der Waals surface area contributed by atoms with Gasteiger partial charge in [-0.15, -0.1) is 0 Å². The maximum Gasteiger partial charge on any atom is 0.256 e. The monoisotopic (exact) mass is 337 g/mol. The highest BCUT2D eigenvalue weighted by molar-refractivity contribution is 6.05. The van der Waals surface area contributed by atoms with Crippen molar-refractivity contribution in [3.63, 3.8) is 0 Å². The zero-order valence-corrected chi connectivity index (χ0v) is 14.2. The zero-order valence-electron chi connectivity index (χ0n) is 14.2. The summed E-state index contributed by atoms with van der Waals surface area (Å²) in [6.45, 7) is 1.23. The van der Waals surface area contributed by atoms with Gasteiger partial charge in [0.2, 0.25) is 0 Å². The highest BCUT2D eigenvalue weighted by Gasteiger charge is 2.25. The van der Waals surface area contributed by atoms with Crippen LogP contribution < -0.4 is 9.47 Å². The third-order valence-electron chi connectivity index (χ3n) is 4.71. The molecule has 1 aliphatic rings. The first-order valence-electron chi connectivity index (χ1n) is 8.16. The molecule has 1 aromatic heterocycles. The number of amides is 1. The van der Waals surface area contributed by atoms with Crippen molar-refractivity contribution in [3.8, 4) is 11.5 Å². The van der Waals surface area contributed by atoms with Crippen molar-refractivity contribution in [3.05, 3.63) is 53.2 Å². The molecule has 0 unspecified atom stereocenters. The Hall–Kier alpha value is -3.02. The van der Waals surface area contributed by atoms with Crippen LogP contribution in [0.1, 0.15) is 21.5 Å². The molecule has 1 N–H and O–H groups in total. The third-order valence-corrected chi connectivity index (χ3v) is 4.71. The highest BCUT2D eigenvalue weighted by atomic mass is 16.5. The third kappa shape index (κ3) is 2.59. The quantitative estimate of drug-likeness (QED) is 0.798. The van der Waals surface area contributed by atoms with E-state index in [-0.39, 0.29) is 5.91 Å². The topological polar surface area (TPSA) is 67.5 Å². The van der Waals surface area contributed by atoms with Crippen LogP contribution in [0.5, 0.6) is 11.5 Å². The lowest BCUT2D eigenvalue weighted by Gasteiger charge is -2.29. The van der Waals surface area contributed by atoms with Crippen molar-refractivity contribution < 1.29 is 14.3 Å². The van der Waals surface area contributed by atoms with Gasteiger partial charge in [0.05, 0.1) is 31.5 Å². The van der Waals surface area contributed by atoms with Gasteiger partial charge in [0.1, 0.15) is 0 Å². The molecule has 4 rings (SSSR count). The molecule has 2 heterocycles. The number of methoxy groups -OCH3 is 2. The molecule has 0 aliphatic carbocycles. The summed E-state index contributed by atoms with van der Waals surface area (Å²) in [5, 5.41) is 7.91. The number of H-pyrrole nitrogens is 1. The van der Waals surface area contributed by atoms with Gasteiger partial charge in [-0.1, -0.05) is 12.1 Å². The lowest BCUT2D eigenvalue weighted by molar-refractivity contribution is 0.0736. The first kappa shape index (κ1) is 15.5. The Balaban J connectivity index is 1.66. The van der Waals surface area contributed by atoms with Crippen LogP contribution in [0.25, 0.3) is 10.9 Å². The summed E-state index contributed by atoms with van der Waals surface area (Å²) < 4.78 is 10.8. The van der Waals surface area contributed by atoms with Crippen molar-refractivity contribution in [2.24, 2.45) is 0 Å². The fourth-order valence-electron chi connectivity index (χ4n) is 3.37. The van der Waals surface area contributed by atoms with E-state index in [1.165, 1.54) is 5.56 Å². The van der Waals surface area contributed by atoms with E-state index in [9.17, 15) is 4.79 Å². The largest absolute Gasteiger partial charge is 0.493 e. The minimum absolute atomic E-state index is 0.00952. The van der Waals surface area contributed by atoms with Gasteiger partial charge in [-0.05, 0) is 35.7 Å². The second kappa shape index (κ2) is 6.12. The molecular weight excluding hydrogens is 318 g/mol. The number of benzene rings is 2. The summed E-state index contributed by atoms with van der Waals surface area (Å²) in [7, 11) is 3.25.